The van der Waals surface area contributed by atoms with Gasteiger partial charge in [-0.05, 0) is 37.5 Å². The maximum Gasteiger partial charge on any atom is 0.0666 e. The van der Waals surface area contributed by atoms with Crippen molar-refractivity contribution in [2.45, 2.75) is 20.8 Å². The summed E-state index contributed by atoms with van der Waals surface area (Å²) in [4.78, 5) is 28.5. The highest BCUT2D eigenvalue weighted by Gasteiger charge is 1.77. The van der Waals surface area contributed by atoms with E-state index in [1.807, 2.05) is 0 Å². The summed E-state index contributed by atoms with van der Waals surface area (Å²) in [6.07, 6.45) is 0. The Bertz CT molecular complexity index is 272. The molecule has 0 aliphatic rings. The van der Waals surface area contributed by atoms with Crippen molar-refractivity contribution in [2.24, 2.45) is 0 Å². The van der Waals surface area contributed by atoms with Gasteiger partial charge >= 0.3 is 0 Å². The average Bonchev–Trinajstić information content (AvgIpc) is 2.18. The summed E-state index contributed by atoms with van der Waals surface area (Å²) in [7, 11) is 0. The van der Waals surface area contributed by atoms with Crippen molar-refractivity contribution in [1.82, 2.24) is 0 Å². The second-order valence-corrected chi connectivity index (χ2v) is 3.20. The Kier molecular flexibility index (Phi) is 13.0. The SMILES string of the molecule is C=C(C)C(=O)[O-].C=C(C)C(=O)[O-].C=C(C)C(=O)[O-]. The molecule has 18 heavy (non-hydrogen) atoms. The minimum atomic E-state index is -1.19. The molecule has 0 aliphatic carbocycles. The van der Waals surface area contributed by atoms with Crippen LogP contribution in [0.1, 0.15) is 20.8 Å². The molecule has 6 heteroatoms. The lowest BCUT2D eigenvalue weighted by Gasteiger charge is -1.93. The van der Waals surface area contributed by atoms with Gasteiger partial charge < -0.3 is 29.7 Å². The van der Waals surface area contributed by atoms with Crippen LogP contribution in [0, 0.1) is 0 Å². The van der Waals surface area contributed by atoms with Gasteiger partial charge in [0.1, 0.15) is 0 Å². The fraction of sp³-hybridized carbons (Fsp3) is 0.250. The van der Waals surface area contributed by atoms with Crippen LogP contribution in [0.15, 0.2) is 36.5 Å². The second-order valence-electron chi connectivity index (χ2n) is 3.20. The third-order valence-electron chi connectivity index (χ3n) is 1.05. The molecule has 0 aliphatic heterocycles. The molecule has 0 N–H and O–H groups in total. The number of carbonyl (C=O) groups is 3. The lowest BCUT2D eigenvalue weighted by atomic mass is 10.4. The molecule has 0 aromatic carbocycles. The number of hydrogen-bond acceptors (Lipinski definition) is 6. The smallest absolute Gasteiger partial charge is 0.0666 e. The van der Waals surface area contributed by atoms with Crippen LogP contribution in [0.25, 0.3) is 0 Å². The van der Waals surface area contributed by atoms with Crippen molar-refractivity contribution < 1.29 is 29.7 Å². The van der Waals surface area contributed by atoms with E-state index in [0.717, 1.165) is 0 Å². The molecule has 0 radical (unpaired) electrons. The number of carboxylic acids is 3. The van der Waals surface area contributed by atoms with Gasteiger partial charge in [0, 0.05) is 0 Å². The van der Waals surface area contributed by atoms with Gasteiger partial charge in [0.2, 0.25) is 0 Å². The van der Waals surface area contributed by atoms with Crippen molar-refractivity contribution in [3.63, 3.8) is 0 Å². The molecule has 0 unspecified atom stereocenters. The molecule has 6 nitrogen and oxygen atoms in total. The van der Waals surface area contributed by atoms with Crippen LogP contribution in [0.3, 0.4) is 0 Å². The van der Waals surface area contributed by atoms with Crippen LogP contribution in [-0.4, -0.2) is 17.9 Å². The zero-order valence-corrected chi connectivity index (χ0v) is 10.6. The second kappa shape index (κ2) is 11.1. The van der Waals surface area contributed by atoms with Crippen LogP contribution in [0.2, 0.25) is 0 Å². The highest BCUT2D eigenvalue weighted by Crippen LogP contribution is 1.78. The molecule has 0 saturated heterocycles. The van der Waals surface area contributed by atoms with Gasteiger partial charge in [0.15, 0.2) is 0 Å². The third kappa shape index (κ3) is 23.4. The molecular formula is C12H15O6-3. The molecule has 0 fully saturated rings. The molecule has 0 aromatic heterocycles. The first kappa shape index (κ1) is 21.0. The maximum absolute atomic E-state index is 9.49. The van der Waals surface area contributed by atoms with Crippen molar-refractivity contribution in [3.8, 4) is 0 Å². The molecule has 0 bridgehead atoms. The highest BCUT2D eigenvalue weighted by molar-refractivity contribution is 5.83. The fourth-order valence-electron chi connectivity index (χ4n) is 0. The summed E-state index contributed by atoms with van der Waals surface area (Å²) in [6, 6.07) is 0. The maximum atomic E-state index is 9.49. The predicted molar refractivity (Wildman–Crippen MR) is 59.5 cm³/mol. The van der Waals surface area contributed by atoms with E-state index in [1.54, 1.807) is 0 Å². The number of carbonyl (C=O) groups excluding carboxylic acids is 3. The van der Waals surface area contributed by atoms with E-state index in [4.69, 9.17) is 0 Å². The van der Waals surface area contributed by atoms with E-state index in [-0.39, 0.29) is 16.7 Å². The number of aliphatic carboxylic acids is 3. The van der Waals surface area contributed by atoms with Gasteiger partial charge in [-0.1, -0.05) is 19.7 Å². The van der Waals surface area contributed by atoms with Gasteiger partial charge in [0.25, 0.3) is 0 Å². The van der Waals surface area contributed by atoms with Crippen molar-refractivity contribution >= 4 is 17.9 Å². The zero-order chi connectivity index (χ0) is 15.5. The Morgan fingerprint density at radius 2 is 0.667 bits per heavy atom. The standard InChI is InChI=1S/3C4H6O2/c3*1-3(2)4(5)6/h3*1H2,2H3,(H,5,6)/p-3. The lowest BCUT2D eigenvalue weighted by molar-refractivity contribution is -0.300. The van der Waals surface area contributed by atoms with Crippen molar-refractivity contribution in [2.75, 3.05) is 0 Å². The normalized spacial score (nSPS) is 7.50. The minimum absolute atomic E-state index is 0.0648. The summed E-state index contributed by atoms with van der Waals surface area (Å²) in [5, 5.41) is 28.5. The van der Waals surface area contributed by atoms with Crippen molar-refractivity contribution in [3.05, 3.63) is 36.5 Å². The fourth-order valence-corrected chi connectivity index (χ4v) is 0. The van der Waals surface area contributed by atoms with E-state index in [1.165, 1.54) is 20.8 Å². The van der Waals surface area contributed by atoms with Gasteiger partial charge in [-0.15, -0.1) is 0 Å². The van der Waals surface area contributed by atoms with Gasteiger partial charge in [0.05, 0.1) is 17.9 Å². The van der Waals surface area contributed by atoms with E-state index in [0.29, 0.717) is 0 Å². The van der Waals surface area contributed by atoms with E-state index >= 15 is 0 Å². The first-order chi connectivity index (χ1) is 7.93. The summed E-state index contributed by atoms with van der Waals surface area (Å²) >= 11 is 0. The van der Waals surface area contributed by atoms with E-state index < -0.39 is 17.9 Å². The molecule has 0 aromatic rings. The topological polar surface area (TPSA) is 120 Å². The number of rotatable bonds is 3. The van der Waals surface area contributed by atoms with Crippen LogP contribution < -0.4 is 15.3 Å². The van der Waals surface area contributed by atoms with Crippen LogP contribution in [0.5, 0.6) is 0 Å². The Balaban J connectivity index is -0.000000187. The van der Waals surface area contributed by atoms with E-state index in [9.17, 15) is 29.7 Å². The first-order valence-corrected chi connectivity index (χ1v) is 4.54. The number of carboxylic acid groups (broad SMARTS) is 3. The monoisotopic (exact) mass is 255 g/mol. The van der Waals surface area contributed by atoms with Gasteiger partial charge in [-0.25, -0.2) is 0 Å². The summed E-state index contributed by atoms with van der Waals surface area (Å²) in [5.74, 6) is -3.56. The number of hydrogen-bond donors (Lipinski definition) is 0. The summed E-state index contributed by atoms with van der Waals surface area (Å²) < 4.78 is 0. The van der Waals surface area contributed by atoms with Crippen LogP contribution >= 0.6 is 0 Å². The minimum Gasteiger partial charge on any atom is -0.545 e. The molecule has 0 heterocycles. The molecule has 0 amide bonds. The van der Waals surface area contributed by atoms with E-state index in [2.05, 4.69) is 19.7 Å². The molecule has 0 saturated carbocycles. The van der Waals surface area contributed by atoms with Gasteiger partial charge in [-0.3, -0.25) is 0 Å². The largest absolute Gasteiger partial charge is 0.545 e. The molecule has 0 spiro atoms. The Morgan fingerprint density at radius 1 is 0.611 bits per heavy atom. The zero-order valence-electron chi connectivity index (χ0n) is 10.6. The van der Waals surface area contributed by atoms with Crippen LogP contribution in [0.4, 0.5) is 0 Å². The molecule has 102 valence electrons. The quantitative estimate of drug-likeness (QED) is 0.534. The Morgan fingerprint density at radius 3 is 0.667 bits per heavy atom. The molecule has 0 rings (SSSR count). The first-order valence-electron chi connectivity index (χ1n) is 4.54. The lowest BCUT2D eigenvalue weighted by Crippen LogP contribution is -2.22. The van der Waals surface area contributed by atoms with Gasteiger partial charge in [-0.2, -0.15) is 0 Å². The third-order valence-corrected chi connectivity index (χ3v) is 1.05. The highest BCUT2D eigenvalue weighted by atomic mass is 16.4. The molecule has 0 atom stereocenters. The van der Waals surface area contributed by atoms with Crippen molar-refractivity contribution in [1.29, 1.82) is 0 Å². The summed E-state index contributed by atoms with van der Waals surface area (Å²) in [6.45, 7) is 13.4. The molecular weight excluding hydrogens is 240 g/mol. The Hall–Kier alpha value is -2.37. The summed E-state index contributed by atoms with van der Waals surface area (Å²) in [5.41, 5.74) is 0.194. The average molecular weight is 255 g/mol. The Labute approximate surface area is 106 Å². The predicted octanol–water partition coefficient (Wildman–Crippen LogP) is -2.06. The van der Waals surface area contributed by atoms with Crippen LogP contribution in [-0.2, 0) is 14.4 Å².